The Morgan fingerprint density at radius 1 is 1.15 bits per heavy atom. The Morgan fingerprint density at radius 3 is 2.38 bits per heavy atom. The normalized spacial score (nSPS) is 13.8. The first kappa shape index (κ1) is 13.4. The van der Waals surface area contributed by atoms with Gasteiger partial charge >= 0.3 is 0 Å². The van der Waals surface area contributed by atoms with Crippen LogP contribution < -0.4 is 5.73 Å². The second kappa shape index (κ2) is 10.5. The number of hydrogen-bond donors (Lipinski definition) is 3. The molecule has 0 radical (unpaired) electrons. The quantitative estimate of drug-likeness (QED) is 0.326. The summed E-state index contributed by atoms with van der Waals surface area (Å²) >= 11 is 8.39. The van der Waals surface area contributed by atoms with E-state index < -0.39 is 0 Å². The zero-order valence-corrected chi connectivity index (χ0v) is 9.94. The van der Waals surface area contributed by atoms with Crippen molar-refractivity contribution in [3.05, 3.63) is 12.2 Å². The maximum Gasteiger partial charge on any atom is -0.00410 e. The average molecular weight is 219 g/mol. The van der Waals surface area contributed by atoms with E-state index in [9.17, 15) is 0 Å². The van der Waals surface area contributed by atoms with Gasteiger partial charge in [0, 0.05) is 0 Å². The topological polar surface area (TPSA) is 26.0 Å². The van der Waals surface area contributed by atoms with E-state index in [1.54, 1.807) is 0 Å². The molecule has 0 rings (SSSR count). The molecule has 0 aliphatic carbocycles. The summed E-state index contributed by atoms with van der Waals surface area (Å²) in [6.45, 7) is 0.758. The van der Waals surface area contributed by atoms with Gasteiger partial charge in [-0.15, -0.1) is 0 Å². The van der Waals surface area contributed by atoms with Crippen LogP contribution >= 0.6 is 25.3 Å². The molecule has 0 aromatic heterocycles. The van der Waals surface area contributed by atoms with E-state index in [2.05, 4.69) is 37.4 Å². The molecular weight excluding hydrogens is 198 g/mol. The summed E-state index contributed by atoms with van der Waals surface area (Å²) in [5.41, 5.74) is 5.56. The first-order chi connectivity index (χ1) is 6.35. The van der Waals surface area contributed by atoms with Gasteiger partial charge in [-0.05, 0) is 49.7 Å². The Morgan fingerprint density at radius 2 is 1.85 bits per heavy atom. The molecule has 0 bridgehead atoms. The number of nitrogens with two attached hydrogens (primary N) is 1. The third-order valence-corrected chi connectivity index (χ3v) is 2.86. The van der Waals surface area contributed by atoms with Crippen LogP contribution in [0.15, 0.2) is 12.2 Å². The van der Waals surface area contributed by atoms with E-state index in [4.69, 9.17) is 5.73 Å². The number of rotatable bonds is 8. The van der Waals surface area contributed by atoms with Gasteiger partial charge in [0.15, 0.2) is 0 Å². The first-order valence-corrected chi connectivity index (χ1v) is 6.18. The fraction of sp³-hybridized carbons (Fsp3) is 0.800. The maximum absolute atomic E-state index is 5.56. The Bertz CT molecular complexity index is 122. The molecule has 0 aliphatic rings. The monoisotopic (exact) mass is 219 g/mol. The zero-order chi connectivity index (χ0) is 9.94. The number of unbranched alkanes of at least 4 members (excludes halogenated alkanes) is 1. The van der Waals surface area contributed by atoms with Crippen molar-refractivity contribution in [3.63, 3.8) is 0 Å². The number of allylic oxidation sites excluding steroid dienone is 2. The molecule has 3 heteroatoms. The molecular formula is C10H21NS2. The van der Waals surface area contributed by atoms with E-state index in [1.165, 1.54) is 6.42 Å². The first-order valence-electron chi connectivity index (χ1n) is 4.92. The lowest BCUT2D eigenvalue weighted by molar-refractivity contribution is 0.560. The lowest BCUT2D eigenvalue weighted by Gasteiger charge is -2.08. The van der Waals surface area contributed by atoms with Crippen LogP contribution in [0.1, 0.15) is 25.7 Å². The number of hydrogen-bond acceptors (Lipinski definition) is 3. The van der Waals surface area contributed by atoms with Crippen LogP contribution in [0.4, 0.5) is 0 Å². The third-order valence-electron chi connectivity index (χ3n) is 2.03. The molecule has 78 valence electrons. The second-order valence-corrected chi connectivity index (χ2v) is 4.01. The minimum absolute atomic E-state index is 0.581. The molecule has 1 unspecified atom stereocenters. The minimum Gasteiger partial charge on any atom is -0.330 e. The summed E-state index contributed by atoms with van der Waals surface area (Å²) in [4.78, 5) is 0. The molecule has 13 heavy (non-hydrogen) atoms. The molecule has 0 spiro atoms. The summed E-state index contributed by atoms with van der Waals surface area (Å²) in [5.74, 6) is 2.46. The van der Waals surface area contributed by atoms with Gasteiger partial charge in [0.1, 0.15) is 0 Å². The van der Waals surface area contributed by atoms with Crippen molar-refractivity contribution >= 4 is 25.3 Å². The van der Waals surface area contributed by atoms with Crippen molar-refractivity contribution in [2.24, 2.45) is 11.7 Å². The van der Waals surface area contributed by atoms with Gasteiger partial charge in [-0.25, -0.2) is 0 Å². The molecule has 0 aromatic rings. The molecule has 0 aromatic carbocycles. The van der Waals surface area contributed by atoms with E-state index in [0.29, 0.717) is 5.92 Å². The predicted octanol–water partition coefficient (Wildman–Crippen LogP) is 2.54. The van der Waals surface area contributed by atoms with Gasteiger partial charge in [0.2, 0.25) is 0 Å². The van der Waals surface area contributed by atoms with E-state index in [0.717, 1.165) is 37.3 Å². The highest BCUT2D eigenvalue weighted by molar-refractivity contribution is 7.80. The molecule has 0 amide bonds. The summed E-state index contributed by atoms with van der Waals surface area (Å²) in [6, 6.07) is 0. The Hall–Kier alpha value is 0.400. The summed E-state index contributed by atoms with van der Waals surface area (Å²) in [5, 5.41) is 0. The Labute approximate surface area is 93.0 Å². The van der Waals surface area contributed by atoms with Crippen LogP contribution in [0.5, 0.6) is 0 Å². The largest absolute Gasteiger partial charge is 0.330 e. The standard InChI is InChI=1S/C10H21NS2/c11-8-10(9-13)6-4-2-1-3-5-7-12/h1-2,10,12-13H,3-9,11H2/b2-1+. The molecule has 0 saturated heterocycles. The Balaban J connectivity index is 3.26. The fourth-order valence-corrected chi connectivity index (χ4v) is 1.57. The lowest BCUT2D eigenvalue weighted by Crippen LogP contribution is -2.15. The van der Waals surface area contributed by atoms with Crippen molar-refractivity contribution in [1.82, 2.24) is 0 Å². The SMILES string of the molecule is NCC(CS)CC/C=C/CCCS. The highest BCUT2D eigenvalue weighted by Gasteiger charge is 2.00. The Kier molecular flexibility index (Phi) is 10.8. The van der Waals surface area contributed by atoms with Crippen LogP contribution in [0, 0.1) is 5.92 Å². The highest BCUT2D eigenvalue weighted by atomic mass is 32.1. The summed E-state index contributed by atoms with van der Waals surface area (Å²) in [7, 11) is 0. The highest BCUT2D eigenvalue weighted by Crippen LogP contribution is 2.07. The fourth-order valence-electron chi connectivity index (χ4n) is 1.06. The molecule has 1 atom stereocenters. The van der Waals surface area contributed by atoms with Crippen LogP contribution in [0.2, 0.25) is 0 Å². The third kappa shape index (κ3) is 8.72. The predicted molar refractivity (Wildman–Crippen MR) is 67.9 cm³/mol. The van der Waals surface area contributed by atoms with Gasteiger partial charge in [0.25, 0.3) is 0 Å². The van der Waals surface area contributed by atoms with Crippen molar-refractivity contribution < 1.29 is 0 Å². The molecule has 2 N–H and O–H groups in total. The average Bonchev–Trinajstić information content (AvgIpc) is 2.17. The zero-order valence-electron chi connectivity index (χ0n) is 8.15. The van der Waals surface area contributed by atoms with Crippen LogP contribution in [0.25, 0.3) is 0 Å². The molecule has 0 aliphatic heterocycles. The molecule has 0 saturated carbocycles. The summed E-state index contributed by atoms with van der Waals surface area (Å²) in [6.07, 6.45) is 9.11. The van der Waals surface area contributed by atoms with Crippen molar-refractivity contribution in [1.29, 1.82) is 0 Å². The maximum atomic E-state index is 5.56. The van der Waals surface area contributed by atoms with Crippen LogP contribution in [-0.4, -0.2) is 18.1 Å². The van der Waals surface area contributed by atoms with Gasteiger partial charge in [-0.1, -0.05) is 12.2 Å². The molecule has 1 nitrogen and oxygen atoms in total. The smallest absolute Gasteiger partial charge is 0.00410 e. The van der Waals surface area contributed by atoms with Crippen molar-refractivity contribution in [3.8, 4) is 0 Å². The van der Waals surface area contributed by atoms with Gasteiger partial charge in [0.05, 0.1) is 0 Å². The van der Waals surface area contributed by atoms with Crippen LogP contribution in [0.3, 0.4) is 0 Å². The second-order valence-electron chi connectivity index (χ2n) is 3.20. The lowest BCUT2D eigenvalue weighted by atomic mass is 10.1. The number of thiol groups is 2. The van der Waals surface area contributed by atoms with Crippen molar-refractivity contribution in [2.75, 3.05) is 18.1 Å². The van der Waals surface area contributed by atoms with Gasteiger partial charge < -0.3 is 5.73 Å². The summed E-state index contributed by atoms with van der Waals surface area (Å²) < 4.78 is 0. The molecule has 0 fully saturated rings. The van der Waals surface area contributed by atoms with E-state index in [-0.39, 0.29) is 0 Å². The van der Waals surface area contributed by atoms with Gasteiger partial charge in [-0.2, -0.15) is 25.3 Å². The van der Waals surface area contributed by atoms with Crippen molar-refractivity contribution in [2.45, 2.75) is 25.7 Å². The van der Waals surface area contributed by atoms with E-state index >= 15 is 0 Å². The van der Waals surface area contributed by atoms with Gasteiger partial charge in [-0.3, -0.25) is 0 Å². The minimum atomic E-state index is 0.581. The molecule has 0 heterocycles. The van der Waals surface area contributed by atoms with E-state index in [1.807, 2.05) is 0 Å². The van der Waals surface area contributed by atoms with Crippen LogP contribution in [-0.2, 0) is 0 Å².